The second kappa shape index (κ2) is 10.6. The number of hydrogen-bond donors (Lipinski definition) is 1. The fraction of sp³-hybridized carbons (Fsp3) is 0.250. The predicted octanol–water partition coefficient (Wildman–Crippen LogP) is 2.61. The molecule has 1 amide bonds. The molecule has 0 radical (unpaired) electrons. The van der Waals surface area contributed by atoms with E-state index in [0.717, 1.165) is 11.1 Å². The van der Waals surface area contributed by atoms with Gasteiger partial charge in [0.15, 0.2) is 0 Å². The van der Waals surface area contributed by atoms with Crippen LogP contribution in [0.2, 0.25) is 0 Å². The number of pyridine rings is 1. The number of aromatic nitrogens is 1. The van der Waals surface area contributed by atoms with E-state index in [9.17, 15) is 13.2 Å². The maximum Gasteiger partial charge on any atom is 0.251 e. The molecule has 0 aliphatic carbocycles. The Morgan fingerprint density at radius 2 is 1.73 bits per heavy atom. The van der Waals surface area contributed by atoms with Crippen LogP contribution in [0.1, 0.15) is 21.5 Å². The van der Waals surface area contributed by atoms with Crippen LogP contribution in [0.25, 0.3) is 0 Å². The number of nitrogens with zero attached hydrogens (tertiary/aromatic N) is 2. The van der Waals surface area contributed by atoms with Crippen molar-refractivity contribution in [1.29, 1.82) is 0 Å². The van der Waals surface area contributed by atoms with Crippen LogP contribution in [0.15, 0.2) is 77.8 Å². The Morgan fingerprint density at radius 3 is 2.45 bits per heavy atom. The minimum atomic E-state index is -3.54. The summed E-state index contributed by atoms with van der Waals surface area (Å²) >= 11 is 0. The van der Waals surface area contributed by atoms with Crippen LogP contribution in [0, 0.1) is 0 Å². The Morgan fingerprint density at radius 1 is 1.00 bits per heavy atom. The van der Waals surface area contributed by atoms with Crippen molar-refractivity contribution in [3.8, 4) is 5.88 Å². The molecule has 1 aliphatic rings. The number of hydrogen-bond acceptors (Lipinski definition) is 6. The summed E-state index contributed by atoms with van der Waals surface area (Å²) in [5, 5.41) is 2.84. The Balaban J connectivity index is 1.33. The van der Waals surface area contributed by atoms with E-state index in [0.29, 0.717) is 44.4 Å². The third-order valence-corrected chi connectivity index (χ3v) is 7.12. The summed E-state index contributed by atoms with van der Waals surface area (Å²) in [7, 11) is -3.54. The molecule has 1 fully saturated rings. The van der Waals surface area contributed by atoms with Crippen LogP contribution in [-0.4, -0.2) is 49.9 Å². The molecule has 4 rings (SSSR count). The monoisotopic (exact) mass is 467 g/mol. The van der Waals surface area contributed by atoms with E-state index in [4.69, 9.17) is 9.47 Å². The quantitative estimate of drug-likeness (QED) is 0.547. The van der Waals surface area contributed by atoms with E-state index in [1.807, 2.05) is 30.3 Å². The normalized spacial score (nSPS) is 14.5. The Kier molecular flexibility index (Phi) is 7.33. The van der Waals surface area contributed by atoms with Crippen molar-refractivity contribution in [2.75, 3.05) is 26.3 Å². The average molecular weight is 468 g/mol. The molecule has 8 nitrogen and oxygen atoms in total. The van der Waals surface area contributed by atoms with E-state index in [1.165, 1.54) is 10.5 Å². The molecular formula is C24H25N3O5S. The Labute approximate surface area is 193 Å². The van der Waals surface area contributed by atoms with Gasteiger partial charge < -0.3 is 14.8 Å². The van der Waals surface area contributed by atoms with Gasteiger partial charge in [0.2, 0.25) is 15.9 Å². The van der Waals surface area contributed by atoms with Gasteiger partial charge in [-0.2, -0.15) is 4.31 Å². The molecule has 1 aromatic heterocycles. The number of ether oxygens (including phenoxy) is 2. The fourth-order valence-electron chi connectivity index (χ4n) is 3.36. The van der Waals surface area contributed by atoms with Crippen LogP contribution >= 0.6 is 0 Å². The highest BCUT2D eigenvalue weighted by atomic mass is 32.2. The maximum absolute atomic E-state index is 12.7. The first-order valence-corrected chi connectivity index (χ1v) is 12.0. The second-order valence-corrected chi connectivity index (χ2v) is 9.44. The summed E-state index contributed by atoms with van der Waals surface area (Å²) in [6.45, 7) is 2.12. The molecule has 0 saturated carbocycles. The Hall–Kier alpha value is -3.27. The zero-order valence-corrected chi connectivity index (χ0v) is 18.8. The highest BCUT2D eigenvalue weighted by Crippen LogP contribution is 2.18. The van der Waals surface area contributed by atoms with Gasteiger partial charge in [0.25, 0.3) is 5.91 Å². The lowest BCUT2D eigenvalue weighted by atomic mass is 10.2. The number of carbonyl (C=O) groups excluding carboxylic acids is 1. The molecule has 3 aromatic rings. The first kappa shape index (κ1) is 22.9. The smallest absolute Gasteiger partial charge is 0.251 e. The highest BCUT2D eigenvalue weighted by Gasteiger charge is 2.26. The first-order valence-electron chi connectivity index (χ1n) is 10.6. The van der Waals surface area contributed by atoms with Gasteiger partial charge in [0, 0.05) is 37.5 Å². The second-order valence-electron chi connectivity index (χ2n) is 7.50. The molecule has 1 aliphatic heterocycles. The lowest BCUT2D eigenvalue weighted by molar-refractivity contribution is 0.0730. The molecule has 0 spiro atoms. The van der Waals surface area contributed by atoms with Crippen molar-refractivity contribution in [3.05, 3.63) is 89.6 Å². The number of carbonyl (C=O) groups is 1. The van der Waals surface area contributed by atoms with Gasteiger partial charge >= 0.3 is 0 Å². The van der Waals surface area contributed by atoms with Crippen LogP contribution in [0.4, 0.5) is 0 Å². The summed E-state index contributed by atoms with van der Waals surface area (Å²) in [5.41, 5.74) is 2.23. The minimum Gasteiger partial charge on any atom is -0.473 e. The summed E-state index contributed by atoms with van der Waals surface area (Å²) in [5.74, 6) is 0.0937. The van der Waals surface area contributed by atoms with Crippen molar-refractivity contribution in [1.82, 2.24) is 14.6 Å². The van der Waals surface area contributed by atoms with Gasteiger partial charge in [-0.3, -0.25) is 4.79 Å². The fourth-order valence-corrected chi connectivity index (χ4v) is 4.77. The largest absolute Gasteiger partial charge is 0.473 e. The van der Waals surface area contributed by atoms with Crippen LogP contribution in [0.5, 0.6) is 5.88 Å². The lowest BCUT2D eigenvalue weighted by Crippen LogP contribution is -2.40. The van der Waals surface area contributed by atoms with Crippen molar-refractivity contribution >= 4 is 15.9 Å². The molecule has 2 heterocycles. The van der Waals surface area contributed by atoms with Gasteiger partial charge in [-0.15, -0.1) is 0 Å². The number of benzene rings is 2. The molecule has 1 saturated heterocycles. The third kappa shape index (κ3) is 5.95. The van der Waals surface area contributed by atoms with Crippen molar-refractivity contribution < 1.29 is 22.7 Å². The molecule has 0 bridgehead atoms. The van der Waals surface area contributed by atoms with Crippen LogP contribution < -0.4 is 10.1 Å². The van der Waals surface area contributed by atoms with Crippen molar-refractivity contribution in [2.45, 2.75) is 18.0 Å². The summed E-state index contributed by atoms with van der Waals surface area (Å²) in [6, 6.07) is 19.4. The zero-order valence-electron chi connectivity index (χ0n) is 18.0. The molecule has 0 unspecified atom stereocenters. The summed E-state index contributed by atoms with van der Waals surface area (Å²) in [6.07, 6.45) is 1.53. The average Bonchev–Trinajstić information content (AvgIpc) is 2.87. The molecule has 0 atom stereocenters. The predicted molar refractivity (Wildman–Crippen MR) is 122 cm³/mol. The number of sulfonamides is 1. The summed E-state index contributed by atoms with van der Waals surface area (Å²) < 4.78 is 37.7. The van der Waals surface area contributed by atoms with Crippen molar-refractivity contribution in [3.63, 3.8) is 0 Å². The molecule has 33 heavy (non-hydrogen) atoms. The molecular weight excluding hydrogens is 442 g/mol. The van der Waals surface area contributed by atoms with Gasteiger partial charge in [-0.1, -0.05) is 42.5 Å². The number of morpholine rings is 1. The van der Waals surface area contributed by atoms with Gasteiger partial charge in [0.1, 0.15) is 6.61 Å². The lowest BCUT2D eigenvalue weighted by Gasteiger charge is -2.26. The maximum atomic E-state index is 12.7. The van der Waals surface area contributed by atoms with E-state index < -0.39 is 10.0 Å². The summed E-state index contributed by atoms with van der Waals surface area (Å²) in [4.78, 5) is 17.0. The third-order valence-electron chi connectivity index (χ3n) is 5.21. The highest BCUT2D eigenvalue weighted by molar-refractivity contribution is 7.89. The zero-order chi connectivity index (χ0) is 23.1. The number of nitrogens with one attached hydrogen (secondary N) is 1. The van der Waals surface area contributed by atoms with Gasteiger partial charge in [0.05, 0.1) is 18.1 Å². The topological polar surface area (TPSA) is 97.8 Å². The standard InChI is InChI=1S/C24H25N3O5S/c28-24(21-10-11-25-23(16-21)32-18-20-4-2-1-3-5-20)26-17-19-6-8-22(9-7-19)33(29,30)27-12-14-31-15-13-27/h1-11,16H,12-15,17-18H2,(H,26,28). The number of rotatable bonds is 8. The minimum absolute atomic E-state index is 0.230. The number of amides is 1. The molecule has 2 aromatic carbocycles. The van der Waals surface area contributed by atoms with Crippen LogP contribution in [-0.2, 0) is 27.9 Å². The van der Waals surface area contributed by atoms with E-state index in [1.54, 1.807) is 36.4 Å². The van der Waals surface area contributed by atoms with Gasteiger partial charge in [-0.25, -0.2) is 13.4 Å². The van der Waals surface area contributed by atoms with E-state index in [-0.39, 0.29) is 17.3 Å². The molecule has 1 N–H and O–H groups in total. The van der Waals surface area contributed by atoms with Crippen molar-refractivity contribution in [2.24, 2.45) is 0 Å². The SMILES string of the molecule is O=C(NCc1ccc(S(=O)(=O)N2CCOCC2)cc1)c1ccnc(OCc2ccccc2)c1. The molecule has 172 valence electrons. The van der Waals surface area contributed by atoms with Gasteiger partial charge in [-0.05, 0) is 29.3 Å². The first-order chi connectivity index (χ1) is 16.0. The molecule has 9 heteroatoms. The van der Waals surface area contributed by atoms with Crippen LogP contribution in [0.3, 0.4) is 0 Å². The van der Waals surface area contributed by atoms with E-state index >= 15 is 0 Å². The van der Waals surface area contributed by atoms with E-state index in [2.05, 4.69) is 10.3 Å². The Bertz CT molecular complexity index is 1180.